The first-order valence-electron chi connectivity index (χ1n) is 5.86. The smallest absolute Gasteiger partial charge is 0.123 e. The van der Waals surface area contributed by atoms with Crippen LogP contribution < -0.4 is 10.5 Å². The number of benzene rings is 1. The minimum Gasteiger partial charge on any atom is -0.490 e. The molecule has 1 fully saturated rings. The summed E-state index contributed by atoms with van der Waals surface area (Å²) in [4.78, 5) is 0. The Kier molecular flexibility index (Phi) is 3.35. The lowest BCUT2D eigenvalue weighted by atomic mass is 9.99. The van der Waals surface area contributed by atoms with E-state index in [9.17, 15) is 9.50 Å². The van der Waals surface area contributed by atoms with E-state index in [1.165, 1.54) is 12.1 Å². The summed E-state index contributed by atoms with van der Waals surface area (Å²) in [7, 11) is 0. The Labute approximate surface area is 100 Å². The molecule has 1 aliphatic rings. The molecular formula is C13H18FNO2. The molecular weight excluding hydrogens is 221 g/mol. The van der Waals surface area contributed by atoms with Gasteiger partial charge < -0.3 is 15.6 Å². The molecule has 3 N–H and O–H groups in total. The van der Waals surface area contributed by atoms with Crippen LogP contribution in [0.2, 0.25) is 0 Å². The molecule has 94 valence electrons. The molecule has 17 heavy (non-hydrogen) atoms. The summed E-state index contributed by atoms with van der Waals surface area (Å²) in [6.45, 7) is 2.13. The average Bonchev–Trinajstić information content (AvgIpc) is 3.11. The van der Waals surface area contributed by atoms with Crippen LogP contribution in [0.4, 0.5) is 4.39 Å². The molecule has 1 aromatic carbocycles. The van der Waals surface area contributed by atoms with Gasteiger partial charge in [-0.25, -0.2) is 4.39 Å². The van der Waals surface area contributed by atoms with E-state index in [2.05, 4.69) is 0 Å². The molecule has 0 aromatic heterocycles. The summed E-state index contributed by atoms with van der Waals surface area (Å²) in [5, 5.41) is 10.2. The highest BCUT2D eigenvalue weighted by atomic mass is 19.1. The molecule has 0 amide bonds. The summed E-state index contributed by atoms with van der Waals surface area (Å²) < 4.78 is 18.5. The molecule has 0 heterocycles. The zero-order chi connectivity index (χ0) is 12.5. The number of halogens is 1. The van der Waals surface area contributed by atoms with Crippen molar-refractivity contribution in [3.63, 3.8) is 0 Å². The third-order valence-electron chi connectivity index (χ3n) is 3.31. The van der Waals surface area contributed by atoms with E-state index in [1.807, 2.05) is 0 Å². The second kappa shape index (κ2) is 4.63. The fraction of sp³-hybridized carbons (Fsp3) is 0.538. The first-order chi connectivity index (χ1) is 8.05. The highest BCUT2D eigenvalue weighted by molar-refractivity contribution is 5.32. The summed E-state index contributed by atoms with van der Waals surface area (Å²) in [5.74, 6) is 0.554. The molecule has 0 aliphatic heterocycles. The Morgan fingerprint density at radius 1 is 1.53 bits per heavy atom. The van der Waals surface area contributed by atoms with Gasteiger partial charge in [-0.05, 0) is 49.4 Å². The van der Waals surface area contributed by atoms with Gasteiger partial charge in [0.1, 0.15) is 23.8 Å². The van der Waals surface area contributed by atoms with Gasteiger partial charge in [0.15, 0.2) is 0 Å². The van der Waals surface area contributed by atoms with Gasteiger partial charge in [0, 0.05) is 6.54 Å². The monoisotopic (exact) mass is 239 g/mol. The van der Waals surface area contributed by atoms with Crippen LogP contribution in [0, 0.1) is 18.7 Å². The number of aryl methyl sites for hydroxylation is 1. The Morgan fingerprint density at radius 3 is 2.76 bits per heavy atom. The zero-order valence-corrected chi connectivity index (χ0v) is 9.95. The third-order valence-corrected chi connectivity index (χ3v) is 3.31. The number of hydrogen-bond acceptors (Lipinski definition) is 3. The van der Waals surface area contributed by atoms with Gasteiger partial charge in [-0.15, -0.1) is 0 Å². The lowest BCUT2D eigenvalue weighted by Gasteiger charge is -2.26. The molecule has 3 nitrogen and oxygen atoms in total. The van der Waals surface area contributed by atoms with Crippen LogP contribution in [0.1, 0.15) is 18.4 Å². The van der Waals surface area contributed by atoms with Gasteiger partial charge in [0.25, 0.3) is 0 Å². The highest BCUT2D eigenvalue weighted by Crippen LogP contribution is 2.39. The fourth-order valence-electron chi connectivity index (χ4n) is 1.94. The average molecular weight is 239 g/mol. The number of ether oxygens (including phenoxy) is 1. The maximum atomic E-state index is 12.9. The minimum atomic E-state index is -0.944. The van der Waals surface area contributed by atoms with E-state index >= 15 is 0 Å². The van der Waals surface area contributed by atoms with E-state index < -0.39 is 5.60 Å². The van der Waals surface area contributed by atoms with Crippen LogP contribution in [-0.2, 0) is 0 Å². The van der Waals surface area contributed by atoms with Crippen molar-refractivity contribution in [1.29, 1.82) is 0 Å². The van der Waals surface area contributed by atoms with Gasteiger partial charge in [0.2, 0.25) is 0 Å². The van der Waals surface area contributed by atoms with Crippen molar-refractivity contribution in [3.05, 3.63) is 29.6 Å². The summed E-state index contributed by atoms with van der Waals surface area (Å²) >= 11 is 0. The molecule has 1 unspecified atom stereocenters. The lowest BCUT2D eigenvalue weighted by molar-refractivity contribution is -0.0164. The first-order valence-corrected chi connectivity index (χ1v) is 5.86. The SMILES string of the molecule is Cc1cc(F)ccc1OCC(O)(CN)C1CC1. The van der Waals surface area contributed by atoms with Crippen molar-refractivity contribution in [2.45, 2.75) is 25.4 Å². The summed E-state index contributed by atoms with van der Waals surface area (Å²) in [6.07, 6.45) is 2.00. The van der Waals surface area contributed by atoms with Gasteiger partial charge in [-0.3, -0.25) is 0 Å². The predicted octanol–water partition coefficient (Wildman–Crippen LogP) is 1.61. The van der Waals surface area contributed by atoms with E-state index in [4.69, 9.17) is 10.5 Å². The van der Waals surface area contributed by atoms with Gasteiger partial charge >= 0.3 is 0 Å². The van der Waals surface area contributed by atoms with Crippen LogP contribution in [0.5, 0.6) is 5.75 Å². The molecule has 1 aliphatic carbocycles. The van der Waals surface area contributed by atoms with Crippen LogP contribution in [0.15, 0.2) is 18.2 Å². The molecule has 1 aromatic rings. The van der Waals surface area contributed by atoms with Crippen LogP contribution >= 0.6 is 0 Å². The maximum absolute atomic E-state index is 12.9. The van der Waals surface area contributed by atoms with E-state index in [1.54, 1.807) is 13.0 Å². The normalized spacial score (nSPS) is 18.8. The third kappa shape index (κ3) is 2.76. The predicted molar refractivity (Wildman–Crippen MR) is 63.4 cm³/mol. The maximum Gasteiger partial charge on any atom is 0.123 e. The van der Waals surface area contributed by atoms with Crippen LogP contribution in [-0.4, -0.2) is 23.9 Å². The topological polar surface area (TPSA) is 55.5 Å². The molecule has 0 spiro atoms. The highest BCUT2D eigenvalue weighted by Gasteiger charge is 2.43. The second-order valence-corrected chi connectivity index (χ2v) is 4.78. The molecule has 0 bridgehead atoms. The van der Waals surface area contributed by atoms with Crippen molar-refractivity contribution in [2.24, 2.45) is 11.7 Å². The van der Waals surface area contributed by atoms with Crippen molar-refractivity contribution < 1.29 is 14.2 Å². The molecule has 1 saturated carbocycles. The number of nitrogens with two attached hydrogens (primary N) is 1. The van der Waals surface area contributed by atoms with E-state index in [-0.39, 0.29) is 24.9 Å². The molecule has 0 radical (unpaired) electrons. The van der Waals surface area contributed by atoms with Crippen molar-refractivity contribution >= 4 is 0 Å². The number of hydrogen-bond donors (Lipinski definition) is 2. The fourth-order valence-corrected chi connectivity index (χ4v) is 1.94. The van der Waals surface area contributed by atoms with Crippen molar-refractivity contribution in [3.8, 4) is 5.75 Å². The zero-order valence-electron chi connectivity index (χ0n) is 9.95. The number of aliphatic hydroxyl groups is 1. The van der Waals surface area contributed by atoms with Gasteiger partial charge in [0.05, 0.1) is 0 Å². The largest absolute Gasteiger partial charge is 0.490 e. The van der Waals surface area contributed by atoms with E-state index in [0.29, 0.717) is 5.75 Å². The standard InChI is InChI=1S/C13H18FNO2/c1-9-6-11(14)4-5-12(9)17-8-13(16,7-15)10-2-3-10/h4-6,10,16H,2-3,7-8,15H2,1H3. The first kappa shape index (κ1) is 12.3. The summed E-state index contributed by atoms with van der Waals surface area (Å²) in [5.41, 5.74) is 5.36. The second-order valence-electron chi connectivity index (χ2n) is 4.78. The summed E-state index contributed by atoms with van der Waals surface area (Å²) in [6, 6.07) is 4.34. The van der Waals surface area contributed by atoms with Crippen LogP contribution in [0.25, 0.3) is 0 Å². The Hall–Kier alpha value is -1.13. The Balaban J connectivity index is 2.01. The minimum absolute atomic E-state index is 0.167. The van der Waals surface area contributed by atoms with Gasteiger partial charge in [-0.2, -0.15) is 0 Å². The van der Waals surface area contributed by atoms with Crippen molar-refractivity contribution in [2.75, 3.05) is 13.2 Å². The Morgan fingerprint density at radius 2 is 2.24 bits per heavy atom. The Bertz CT molecular complexity index is 406. The number of rotatable bonds is 5. The van der Waals surface area contributed by atoms with Crippen LogP contribution in [0.3, 0.4) is 0 Å². The molecule has 1 atom stereocenters. The molecule has 0 saturated heterocycles. The lowest BCUT2D eigenvalue weighted by Crippen LogP contribution is -2.45. The van der Waals surface area contributed by atoms with E-state index in [0.717, 1.165) is 18.4 Å². The quantitative estimate of drug-likeness (QED) is 0.820. The molecule has 4 heteroatoms. The molecule has 2 rings (SSSR count). The van der Waals surface area contributed by atoms with Gasteiger partial charge in [-0.1, -0.05) is 0 Å². The van der Waals surface area contributed by atoms with Crippen molar-refractivity contribution in [1.82, 2.24) is 0 Å².